The van der Waals surface area contributed by atoms with E-state index in [2.05, 4.69) is 35.2 Å². The summed E-state index contributed by atoms with van der Waals surface area (Å²) in [6, 6.07) is 0.119. The maximum Gasteiger partial charge on any atom is 0.110 e. The van der Waals surface area contributed by atoms with Crippen LogP contribution in [-0.2, 0) is 13.0 Å². The molecule has 2 rings (SSSR count). The van der Waals surface area contributed by atoms with Crippen LogP contribution < -0.4 is 5.73 Å². The zero-order chi connectivity index (χ0) is 14.6. The van der Waals surface area contributed by atoms with Gasteiger partial charge in [0.15, 0.2) is 0 Å². The van der Waals surface area contributed by atoms with Gasteiger partial charge in [0.1, 0.15) is 5.82 Å². The molecule has 1 aromatic heterocycles. The van der Waals surface area contributed by atoms with Crippen molar-refractivity contribution >= 4 is 0 Å². The van der Waals surface area contributed by atoms with Crippen LogP contribution in [0.5, 0.6) is 0 Å². The third-order valence-corrected chi connectivity index (χ3v) is 4.87. The fourth-order valence-electron chi connectivity index (χ4n) is 3.15. The highest BCUT2D eigenvalue weighted by Gasteiger charge is 2.33. The lowest BCUT2D eigenvalue weighted by atomic mass is 9.90. The molecule has 114 valence electrons. The minimum absolute atomic E-state index is 0.0366. The number of aryl methyl sites for hydroxylation is 1. The van der Waals surface area contributed by atoms with Crippen LogP contribution in [-0.4, -0.2) is 39.1 Å². The predicted molar refractivity (Wildman–Crippen MR) is 83.7 cm³/mol. The minimum atomic E-state index is 0.0366. The summed E-state index contributed by atoms with van der Waals surface area (Å²) in [6.07, 6.45) is 10.1. The molecule has 1 aliphatic heterocycles. The second-order valence-electron chi connectivity index (χ2n) is 6.50. The summed E-state index contributed by atoms with van der Waals surface area (Å²) < 4.78 is 2.19. The van der Waals surface area contributed by atoms with Gasteiger partial charge in [-0.3, -0.25) is 4.90 Å². The molecule has 0 radical (unpaired) electrons. The van der Waals surface area contributed by atoms with Crippen molar-refractivity contribution in [2.75, 3.05) is 13.1 Å². The second kappa shape index (κ2) is 6.72. The van der Waals surface area contributed by atoms with Crippen LogP contribution in [0.15, 0.2) is 12.4 Å². The molecule has 20 heavy (non-hydrogen) atoms. The normalized spacial score (nSPS) is 19.8. The lowest BCUT2D eigenvalue weighted by Crippen LogP contribution is -2.57. The average Bonchev–Trinajstić information content (AvgIpc) is 2.70. The van der Waals surface area contributed by atoms with Crippen molar-refractivity contribution in [1.29, 1.82) is 0 Å². The summed E-state index contributed by atoms with van der Waals surface area (Å²) in [5, 5.41) is 0. The smallest absolute Gasteiger partial charge is 0.110 e. The molecule has 2 N–H and O–H groups in total. The molecule has 2 heterocycles. The highest BCUT2D eigenvalue weighted by Crippen LogP contribution is 2.24. The van der Waals surface area contributed by atoms with Crippen LogP contribution in [0.4, 0.5) is 0 Å². The summed E-state index contributed by atoms with van der Waals surface area (Å²) in [5.74, 6) is 1.11. The lowest BCUT2D eigenvalue weighted by Gasteiger charge is -2.42. The number of hydrogen-bond donors (Lipinski definition) is 1. The maximum atomic E-state index is 6.55. The number of nitrogens with two attached hydrogens (primary N) is 1. The van der Waals surface area contributed by atoms with Gasteiger partial charge in [0.05, 0.1) is 0 Å². The lowest BCUT2D eigenvalue weighted by molar-refractivity contribution is 0.0969. The summed E-state index contributed by atoms with van der Waals surface area (Å²) in [4.78, 5) is 7.06. The largest absolute Gasteiger partial charge is 0.335 e. The topological polar surface area (TPSA) is 47.1 Å². The third kappa shape index (κ3) is 3.41. The monoisotopic (exact) mass is 278 g/mol. The van der Waals surface area contributed by atoms with Crippen LogP contribution >= 0.6 is 0 Å². The van der Waals surface area contributed by atoms with Gasteiger partial charge in [-0.15, -0.1) is 0 Å². The van der Waals surface area contributed by atoms with Crippen LogP contribution in [0.1, 0.15) is 52.3 Å². The second-order valence-corrected chi connectivity index (χ2v) is 6.50. The van der Waals surface area contributed by atoms with E-state index in [0.29, 0.717) is 0 Å². The van der Waals surface area contributed by atoms with E-state index in [1.165, 1.54) is 38.8 Å². The first kappa shape index (κ1) is 15.5. The molecule has 1 fully saturated rings. The van der Waals surface area contributed by atoms with Crippen molar-refractivity contribution in [3.05, 3.63) is 18.2 Å². The molecule has 1 aliphatic rings. The number of nitrogens with zero attached hydrogens (tertiary/aromatic N) is 3. The van der Waals surface area contributed by atoms with Gasteiger partial charge in [0.25, 0.3) is 0 Å². The molecule has 1 unspecified atom stereocenters. The number of likely N-dealkylation sites (tertiary alicyclic amines) is 1. The van der Waals surface area contributed by atoms with Gasteiger partial charge in [-0.2, -0.15) is 0 Å². The van der Waals surface area contributed by atoms with E-state index in [9.17, 15) is 0 Å². The summed E-state index contributed by atoms with van der Waals surface area (Å²) in [7, 11) is 0. The van der Waals surface area contributed by atoms with E-state index >= 15 is 0 Å². The molecule has 4 heteroatoms. The van der Waals surface area contributed by atoms with E-state index in [1.807, 2.05) is 12.4 Å². The molecule has 0 spiro atoms. The van der Waals surface area contributed by atoms with Crippen LogP contribution in [0.2, 0.25) is 0 Å². The van der Waals surface area contributed by atoms with E-state index < -0.39 is 0 Å². The van der Waals surface area contributed by atoms with Crippen molar-refractivity contribution in [3.63, 3.8) is 0 Å². The molecule has 1 atom stereocenters. The number of imidazole rings is 1. The van der Waals surface area contributed by atoms with Crippen LogP contribution in [0, 0.1) is 0 Å². The first-order valence-electron chi connectivity index (χ1n) is 8.06. The molecule has 0 saturated carbocycles. The molecule has 0 amide bonds. The van der Waals surface area contributed by atoms with Gasteiger partial charge in [0.2, 0.25) is 0 Å². The van der Waals surface area contributed by atoms with Crippen molar-refractivity contribution < 1.29 is 0 Å². The van der Waals surface area contributed by atoms with Crippen LogP contribution in [0.25, 0.3) is 0 Å². The van der Waals surface area contributed by atoms with Gasteiger partial charge in [-0.25, -0.2) is 4.98 Å². The Bertz CT molecular complexity index is 402. The zero-order valence-corrected chi connectivity index (χ0v) is 13.3. The molecule has 0 aromatic carbocycles. The van der Waals surface area contributed by atoms with E-state index in [-0.39, 0.29) is 11.6 Å². The van der Waals surface area contributed by atoms with Gasteiger partial charge in [-0.1, -0.05) is 12.8 Å². The molecular formula is C16H30N4. The Labute approximate surface area is 123 Å². The summed E-state index contributed by atoms with van der Waals surface area (Å²) in [5.41, 5.74) is 6.59. The number of hydrogen-bond acceptors (Lipinski definition) is 3. The third-order valence-electron chi connectivity index (χ3n) is 4.87. The number of rotatable bonds is 5. The standard InChI is InChI=1S/C16H30N4/c1-4-19-12-9-18-15(19)13-14(17)16(2,3)20-10-7-5-6-8-11-20/h9,12,14H,4-8,10-11,13,17H2,1-3H3. The first-order chi connectivity index (χ1) is 9.55. The van der Waals surface area contributed by atoms with Crippen molar-refractivity contribution in [2.45, 2.75) is 71.0 Å². The fraction of sp³-hybridized carbons (Fsp3) is 0.812. The van der Waals surface area contributed by atoms with Crippen LogP contribution in [0.3, 0.4) is 0 Å². The molecular weight excluding hydrogens is 248 g/mol. The Hall–Kier alpha value is -0.870. The number of aromatic nitrogens is 2. The molecule has 1 saturated heterocycles. The molecule has 1 aromatic rings. The Morgan fingerprint density at radius 2 is 1.90 bits per heavy atom. The maximum absolute atomic E-state index is 6.55. The van der Waals surface area contributed by atoms with Crippen molar-refractivity contribution in [3.8, 4) is 0 Å². The zero-order valence-electron chi connectivity index (χ0n) is 13.3. The van der Waals surface area contributed by atoms with E-state index in [0.717, 1.165) is 18.8 Å². The highest BCUT2D eigenvalue weighted by molar-refractivity contribution is 5.01. The Kier molecular flexibility index (Phi) is 5.22. The predicted octanol–water partition coefficient (Wildman–Crippen LogP) is 2.43. The summed E-state index contributed by atoms with van der Waals surface area (Å²) >= 11 is 0. The van der Waals surface area contributed by atoms with Gasteiger partial charge in [-0.05, 0) is 46.7 Å². The molecule has 0 aliphatic carbocycles. The summed E-state index contributed by atoms with van der Waals surface area (Å²) in [6.45, 7) is 10.1. The minimum Gasteiger partial charge on any atom is -0.335 e. The Balaban J connectivity index is 2.03. The SMILES string of the molecule is CCn1ccnc1CC(N)C(C)(C)N1CCCCCC1. The quantitative estimate of drug-likeness (QED) is 0.900. The Morgan fingerprint density at radius 3 is 2.50 bits per heavy atom. The highest BCUT2D eigenvalue weighted by atomic mass is 15.2. The molecule has 0 bridgehead atoms. The fourth-order valence-corrected chi connectivity index (χ4v) is 3.15. The average molecular weight is 278 g/mol. The van der Waals surface area contributed by atoms with Gasteiger partial charge in [0, 0.05) is 36.9 Å². The van der Waals surface area contributed by atoms with E-state index in [4.69, 9.17) is 5.73 Å². The Morgan fingerprint density at radius 1 is 1.25 bits per heavy atom. The van der Waals surface area contributed by atoms with E-state index in [1.54, 1.807) is 0 Å². The van der Waals surface area contributed by atoms with Crippen molar-refractivity contribution in [1.82, 2.24) is 14.5 Å². The van der Waals surface area contributed by atoms with Gasteiger partial charge >= 0.3 is 0 Å². The molecule has 4 nitrogen and oxygen atoms in total. The first-order valence-corrected chi connectivity index (χ1v) is 8.06. The van der Waals surface area contributed by atoms with Crippen molar-refractivity contribution in [2.24, 2.45) is 5.73 Å². The van der Waals surface area contributed by atoms with Gasteiger partial charge < -0.3 is 10.3 Å².